The normalized spacial score (nSPS) is 15.2. The Balaban J connectivity index is 0.955. The lowest BCUT2D eigenvalue weighted by Crippen LogP contribution is -2.36. The van der Waals surface area contributed by atoms with Gasteiger partial charge in [-0.2, -0.15) is 8.42 Å². The number of aliphatic imine (C=N–C) groups is 1. The number of aromatic nitrogens is 2. The van der Waals surface area contributed by atoms with Crippen LogP contribution in [0.2, 0.25) is 5.02 Å². The molecule has 7 aromatic rings. The predicted octanol–water partition coefficient (Wildman–Crippen LogP) is 9.19. The number of amidine groups is 1. The van der Waals surface area contributed by atoms with E-state index in [9.17, 15) is 23.4 Å². The number of piperidine rings is 1. The van der Waals surface area contributed by atoms with Crippen molar-refractivity contribution in [3.05, 3.63) is 113 Å². The number of hydrogen-bond acceptors (Lipinski definition) is 14. The molecule has 0 radical (unpaired) electrons. The lowest BCUT2D eigenvalue weighted by atomic mass is 9.92. The van der Waals surface area contributed by atoms with Gasteiger partial charge in [-0.1, -0.05) is 54.8 Å². The van der Waals surface area contributed by atoms with E-state index < -0.39 is 33.8 Å². The topological polar surface area (TPSA) is 202 Å². The number of methoxy groups -OCH3 is 1. The van der Waals surface area contributed by atoms with Crippen LogP contribution in [-0.4, -0.2) is 108 Å². The Kier molecular flexibility index (Phi) is 14.3. The monoisotopic (exact) mass is 997 g/mol. The summed E-state index contributed by atoms with van der Waals surface area (Å²) < 4.78 is 71.5. The van der Waals surface area contributed by atoms with Crippen molar-refractivity contribution >= 4 is 86.7 Å². The number of carboxylic acid groups (broad SMARTS) is 1. The Hall–Kier alpha value is -6.31. The number of carboxylic acids is 1. The number of thiophene rings is 1. The van der Waals surface area contributed by atoms with Crippen molar-refractivity contribution in [3.8, 4) is 28.9 Å². The molecule has 0 amide bonds. The molecule has 0 saturated carbocycles. The number of hydrogen-bond donors (Lipinski definition) is 4. The minimum atomic E-state index is -3.94. The van der Waals surface area contributed by atoms with Gasteiger partial charge in [0.15, 0.2) is 11.6 Å². The maximum absolute atomic E-state index is 15.2. The van der Waals surface area contributed by atoms with Gasteiger partial charge in [0.1, 0.15) is 47.5 Å². The van der Waals surface area contributed by atoms with Crippen LogP contribution < -0.4 is 24.3 Å². The van der Waals surface area contributed by atoms with Crippen LogP contribution in [0.25, 0.3) is 41.8 Å². The molecule has 1 saturated heterocycles. The van der Waals surface area contributed by atoms with E-state index >= 15 is 4.39 Å². The number of aliphatic carboxylic acids is 1. The number of fused-ring (bicyclic) bond motifs is 8. The first-order valence-electron chi connectivity index (χ1n) is 22.5. The van der Waals surface area contributed by atoms with Crippen molar-refractivity contribution in [3.63, 3.8) is 0 Å². The minimum Gasteiger partial charge on any atom is -0.504 e. The van der Waals surface area contributed by atoms with Crippen LogP contribution in [-0.2, 0) is 21.3 Å². The maximum atomic E-state index is 15.2. The largest absolute Gasteiger partial charge is 0.504 e. The van der Waals surface area contributed by atoms with Crippen LogP contribution in [0.5, 0.6) is 28.9 Å². The molecule has 0 aliphatic carbocycles. The number of phenolic OH excluding ortho intramolecular Hbond substituents is 1. The number of likely N-dealkylation sites (tertiary alicyclic amines) is 1. The Morgan fingerprint density at radius 1 is 0.942 bits per heavy atom. The fourth-order valence-corrected chi connectivity index (χ4v) is 11.2. The predicted molar refractivity (Wildman–Crippen MR) is 265 cm³/mol. The molecule has 15 nitrogen and oxygen atoms in total. The third-order valence-corrected chi connectivity index (χ3v) is 14.9. The Morgan fingerprint density at radius 2 is 1.71 bits per heavy atom. The molecule has 2 aliphatic rings. The fraction of sp³-hybridized carbons (Fsp3) is 0.320. The Morgan fingerprint density at radius 3 is 2.49 bits per heavy atom. The minimum absolute atomic E-state index is 0.0158. The molecular formula is C50H49ClFN5O10S2. The Bertz CT molecular complexity index is 3250. The van der Waals surface area contributed by atoms with Gasteiger partial charge < -0.3 is 34.5 Å². The van der Waals surface area contributed by atoms with E-state index in [1.165, 1.54) is 23.7 Å². The van der Waals surface area contributed by atoms with Gasteiger partial charge in [-0.15, -0.1) is 11.3 Å². The summed E-state index contributed by atoms with van der Waals surface area (Å²) in [4.78, 5) is 29.4. The first-order valence-corrected chi connectivity index (χ1v) is 25.3. The van der Waals surface area contributed by atoms with Crippen LogP contribution in [0.15, 0.2) is 95.9 Å². The van der Waals surface area contributed by atoms with Gasteiger partial charge in [0, 0.05) is 39.2 Å². The maximum Gasteiger partial charge on any atom is 0.345 e. The standard InChI is InChI=1S/C50H49ClFN5O10S2/c1-64-37-12-5-3-10-32(37)47-53-20-17-31(56-47)27-66-36-11-4-2-9-30(36)26-39(50(59)60)67-48-43-42-33-14-16-38(65-24-23-57-21-18-29(19-22-57)8-6-7-25-69(61,62)63)44(51)40(33)41-34(13-15-35(52)45(41)58)46(42)68-49(43)55-28-54-48/h2-5,9-17,28-29,39,58H,6-8,18-27H2,1H3,(H,53,56)(H,59,60)(H,61,62,63)/t39-/m1/s1. The van der Waals surface area contributed by atoms with Gasteiger partial charge in [0.25, 0.3) is 10.1 Å². The van der Waals surface area contributed by atoms with Gasteiger partial charge in [-0.25, -0.2) is 19.2 Å². The summed E-state index contributed by atoms with van der Waals surface area (Å²) >= 11 is 8.46. The Labute approximate surface area is 405 Å². The molecule has 2 aromatic heterocycles. The van der Waals surface area contributed by atoms with Crippen molar-refractivity contribution in [2.24, 2.45) is 10.9 Å². The highest BCUT2D eigenvalue weighted by atomic mass is 35.5. The first kappa shape index (κ1) is 47.7. The van der Waals surface area contributed by atoms with Crippen molar-refractivity contribution in [2.75, 3.05) is 52.3 Å². The van der Waals surface area contributed by atoms with E-state index in [2.05, 4.69) is 25.2 Å². The highest BCUT2D eigenvalue weighted by molar-refractivity contribution is 7.85. The van der Waals surface area contributed by atoms with Crippen LogP contribution >= 0.6 is 22.9 Å². The number of ether oxygens (including phenoxy) is 4. The molecule has 69 heavy (non-hydrogen) atoms. The number of phenols is 1. The molecule has 9 rings (SSSR count). The number of nitrogens with zero attached hydrogens (tertiary/aromatic N) is 4. The van der Waals surface area contributed by atoms with Crippen LogP contribution in [0.3, 0.4) is 0 Å². The van der Waals surface area contributed by atoms with Gasteiger partial charge in [-0.3, -0.25) is 14.4 Å². The molecule has 1 fully saturated rings. The number of unbranched alkanes of at least 4 members (excludes halogenated alkanes) is 1. The molecule has 2 aliphatic heterocycles. The highest BCUT2D eigenvalue weighted by Gasteiger charge is 2.28. The lowest BCUT2D eigenvalue weighted by Gasteiger charge is -2.31. The van der Waals surface area contributed by atoms with E-state index in [1.54, 1.807) is 49.6 Å². The molecule has 4 N–H and O–H groups in total. The summed E-state index contributed by atoms with van der Waals surface area (Å²) in [5, 5.41) is 28.0. The number of benzene rings is 5. The van der Waals surface area contributed by atoms with E-state index in [-0.39, 0.29) is 35.1 Å². The van der Waals surface area contributed by atoms with Gasteiger partial charge in [0.2, 0.25) is 12.0 Å². The number of halogens is 2. The quantitative estimate of drug-likeness (QED) is 0.0339. The van der Waals surface area contributed by atoms with Crippen molar-refractivity contribution in [1.29, 1.82) is 0 Å². The zero-order valence-corrected chi connectivity index (χ0v) is 39.9. The molecule has 19 heteroatoms. The van der Waals surface area contributed by atoms with Crippen LogP contribution in [0.4, 0.5) is 4.39 Å². The van der Waals surface area contributed by atoms with Crippen molar-refractivity contribution < 1.29 is 51.3 Å². The molecule has 0 spiro atoms. The smallest absolute Gasteiger partial charge is 0.345 e. The van der Waals surface area contributed by atoms with Crippen molar-refractivity contribution in [1.82, 2.24) is 20.2 Å². The second kappa shape index (κ2) is 20.7. The summed E-state index contributed by atoms with van der Waals surface area (Å²) in [7, 11) is -2.34. The average molecular weight is 999 g/mol. The summed E-state index contributed by atoms with van der Waals surface area (Å²) in [5.41, 5.74) is 2.17. The second-order valence-electron chi connectivity index (χ2n) is 17.0. The average Bonchev–Trinajstić information content (AvgIpc) is 3.75. The van der Waals surface area contributed by atoms with Gasteiger partial charge in [0.05, 0.1) is 41.1 Å². The lowest BCUT2D eigenvalue weighted by molar-refractivity contribution is -0.145. The molecular weight excluding hydrogens is 949 g/mol. The number of carbonyl (C=O) groups is 1. The number of para-hydroxylation sites is 2. The third kappa shape index (κ3) is 10.5. The summed E-state index contributed by atoms with van der Waals surface area (Å²) in [6.45, 7) is 3.21. The molecule has 0 bridgehead atoms. The zero-order chi connectivity index (χ0) is 48.2. The van der Waals surface area contributed by atoms with Gasteiger partial charge >= 0.3 is 5.97 Å². The molecule has 360 valence electrons. The fourth-order valence-electron chi connectivity index (χ4n) is 9.13. The number of nitrogens with one attached hydrogen (secondary N) is 1. The van der Waals surface area contributed by atoms with E-state index in [0.29, 0.717) is 97.1 Å². The molecule has 5 aromatic carbocycles. The van der Waals surface area contributed by atoms with E-state index in [4.69, 9.17) is 35.1 Å². The summed E-state index contributed by atoms with van der Waals surface area (Å²) in [6, 6.07) is 21.0. The first-order chi connectivity index (χ1) is 33.4. The number of rotatable bonds is 19. The summed E-state index contributed by atoms with van der Waals surface area (Å²) in [5.74, 6) is -0.229. The van der Waals surface area contributed by atoms with E-state index in [1.807, 2.05) is 30.3 Å². The molecule has 1 atom stereocenters. The summed E-state index contributed by atoms with van der Waals surface area (Å²) in [6.07, 6.45) is 5.74. The van der Waals surface area contributed by atoms with Crippen LogP contribution in [0, 0.1) is 11.7 Å². The molecule has 0 unspecified atom stereocenters. The SMILES string of the molecule is COc1ccccc1C1=NCC=C(COc2ccccc2C[C@@H](Oc2ncnc3sc4c5ccc(F)c(O)c5c5c(Cl)c(OCCN6CCC(CCCCS(=O)(=O)O)CC6)ccc5c4c23)C(=O)O)N1. The third-order valence-electron chi connectivity index (χ3n) is 12.6. The van der Waals surface area contributed by atoms with E-state index in [0.717, 1.165) is 50.0 Å². The second-order valence-corrected chi connectivity index (χ2v) is 19.9. The van der Waals surface area contributed by atoms with Crippen molar-refractivity contribution in [2.45, 2.75) is 44.6 Å². The molecule has 4 heterocycles. The zero-order valence-electron chi connectivity index (χ0n) is 37.5. The van der Waals surface area contributed by atoms with Crippen LogP contribution in [0.1, 0.15) is 43.2 Å². The van der Waals surface area contributed by atoms with Gasteiger partial charge in [-0.05, 0) is 97.8 Å². The highest BCUT2D eigenvalue weighted by Crippen LogP contribution is 2.51. The number of aromatic hydroxyl groups is 1.